The number of piperidine rings is 1. The lowest BCUT2D eigenvalue weighted by molar-refractivity contribution is 0.176. The van der Waals surface area contributed by atoms with Gasteiger partial charge in [-0.15, -0.1) is 0 Å². The summed E-state index contributed by atoms with van der Waals surface area (Å²) in [5.74, 6) is 1.64. The number of hydrogen-bond acceptors (Lipinski definition) is 3. The zero-order chi connectivity index (χ0) is 12.7. The largest absolute Gasteiger partial charge is 0.316 e. The Kier molecular flexibility index (Phi) is 7.09. The molecule has 0 aromatic rings. The summed E-state index contributed by atoms with van der Waals surface area (Å²) in [5, 5.41) is 3.52. The van der Waals surface area contributed by atoms with Crippen LogP contribution in [0, 0.1) is 11.8 Å². The first-order valence-corrected chi connectivity index (χ1v) is 7.15. The molecule has 1 N–H and O–H groups in total. The predicted molar refractivity (Wildman–Crippen MR) is 75.4 cm³/mol. The molecular formula is C14H31N3. The molecule has 0 spiro atoms. The molecule has 1 aliphatic heterocycles. The van der Waals surface area contributed by atoms with Crippen molar-refractivity contribution in [3.05, 3.63) is 0 Å². The van der Waals surface area contributed by atoms with Crippen molar-refractivity contribution in [2.75, 3.05) is 53.4 Å². The number of nitrogens with one attached hydrogen (secondary N) is 1. The normalized spacial score (nSPS) is 21.7. The quantitative estimate of drug-likeness (QED) is 0.729. The van der Waals surface area contributed by atoms with Gasteiger partial charge in [0.15, 0.2) is 0 Å². The molecule has 1 saturated heterocycles. The molecule has 1 rings (SSSR count). The number of likely N-dealkylation sites (N-methyl/N-ethyl adjacent to an activating group) is 1. The van der Waals surface area contributed by atoms with Crippen LogP contribution in [0.3, 0.4) is 0 Å². The molecule has 1 aliphatic rings. The molecule has 1 fully saturated rings. The van der Waals surface area contributed by atoms with Gasteiger partial charge in [0.25, 0.3) is 0 Å². The van der Waals surface area contributed by atoms with Crippen molar-refractivity contribution >= 4 is 0 Å². The lowest BCUT2D eigenvalue weighted by atomic mass is 9.98. The van der Waals surface area contributed by atoms with Gasteiger partial charge < -0.3 is 15.1 Å². The van der Waals surface area contributed by atoms with Crippen LogP contribution in [-0.2, 0) is 0 Å². The van der Waals surface area contributed by atoms with Crippen LogP contribution >= 0.6 is 0 Å². The van der Waals surface area contributed by atoms with Crippen LogP contribution in [0.2, 0.25) is 0 Å². The lowest BCUT2D eigenvalue weighted by Gasteiger charge is -2.31. The highest BCUT2D eigenvalue weighted by Gasteiger charge is 2.17. The maximum absolute atomic E-state index is 3.52. The van der Waals surface area contributed by atoms with E-state index in [-0.39, 0.29) is 0 Å². The minimum absolute atomic E-state index is 0.772. The van der Waals surface area contributed by atoms with Crippen molar-refractivity contribution in [2.24, 2.45) is 11.8 Å². The van der Waals surface area contributed by atoms with E-state index in [4.69, 9.17) is 0 Å². The van der Waals surface area contributed by atoms with E-state index >= 15 is 0 Å². The zero-order valence-corrected chi connectivity index (χ0v) is 12.2. The molecule has 0 radical (unpaired) electrons. The second-order valence-corrected chi connectivity index (χ2v) is 6.17. The fraction of sp³-hybridized carbons (Fsp3) is 1.00. The van der Waals surface area contributed by atoms with Gasteiger partial charge in [0.2, 0.25) is 0 Å². The first-order valence-electron chi connectivity index (χ1n) is 7.15. The average molecular weight is 241 g/mol. The van der Waals surface area contributed by atoms with Gasteiger partial charge in [0, 0.05) is 26.2 Å². The van der Waals surface area contributed by atoms with Gasteiger partial charge in [-0.1, -0.05) is 13.8 Å². The first-order chi connectivity index (χ1) is 8.08. The molecule has 0 aliphatic carbocycles. The van der Waals surface area contributed by atoms with Crippen LogP contribution < -0.4 is 5.32 Å². The Labute approximate surface area is 108 Å². The van der Waals surface area contributed by atoms with Crippen molar-refractivity contribution in [1.29, 1.82) is 0 Å². The van der Waals surface area contributed by atoms with Gasteiger partial charge in [-0.05, 0) is 51.9 Å². The molecule has 1 unspecified atom stereocenters. The van der Waals surface area contributed by atoms with Gasteiger partial charge in [-0.3, -0.25) is 0 Å². The summed E-state index contributed by atoms with van der Waals surface area (Å²) in [4.78, 5) is 4.94. The van der Waals surface area contributed by atoms with Crippen molar-refractivity contribution < 1.29 is 0 Å². The van der Waals surface area contributed by atoms with Gasteiger partial charge in [0.05, 0.1) is 0 Å². The zero-order valence-electron chi connectivity index (χ0n) is 12.2. The molecule has 0 amide bonds. The minimum atomic E-state index is 0.772. The number of rotatable bonds is 7. The third-order valence-electron chi connectivity index (χ3n) is 3.40. The van der Waals surface area contributed by atoms with Gasteiger partial charge >= 0.3 is 0 Å². The summed E-state index contributed by atoms with van der Waals surface area (Å²) < 4.78 is 0. The molecule has 0 aromatic carbocycles. The number of hydrogen-bond donors (Lipinski definition) is 1. The molecule has 102 valence electrons. The molecule has 3 nitrogen and oxygen atoms in total. The van der Waals surface area contributed by atoms with Crippen molar-refractivity contribution in [2.45, 2.75) is 26.7 Å². The molecule has 17 heavy (non-hydrogen) atoms. The Hall–Kier alpha value is -0.120. The third-order valence-corrected chi connectivity index (χ3v) is 3.40. The highest BCUT2D eigenvalue weighted by molar-refractivity contribution is 4.74. The maximum Gasteiger partial charge on any atom is 0.0109 e. The van der Waals surface area contributed by atoms with Crippen LogP contribution in [0.15, 0.2) is 0 Å². The Morgan fingerprint density at radius 1 is 1.24 bits per heavy atom. The summed E-state index contributed by atoms with van der Waals surface area (Å²) in [6.07, 6.45) is 2.76. The maximum atomic E-state index is 3.52. The Balaban J connectivity index is 2.32. The van der Waals surface area contributed by atoms with Crippen LogP contribution in [0.1, 0.15) is 26.7 Å². The Morgan fingerprint density at radius 2 is 2.00 bits per heavy atom. The summed E-state index contributed by atoms with van der Waals surface area (Å²) in [5.41, 5.74) is 0. The van der Waals surface area contributed by atoms with E-state index in [2.05, 4.69) is 43.1 Å². The van der Waals surface area contributed by atoms with E-state index in [1.165, 1.54) is 52.1 Å². The van der Waals surface area contributed by atoms with Crippen LogP contribution in [-0.4, -0.2) is 63.2 Å². The van der Waals surface area contributed by atoms with E-state index in [1.807, 2.05) is 0 Å². The van der Waals surface area contributed by atoms with E-state index in [0.29, 0.717) is 0 Å². The third kappa shape index (κ3) is 7.02. The summed E-state index contributed by atoms with van der Waals surface area (Å²) in [7, 11) is 4.32. The molecule has 0 saturated carbocycles. The van der Waals surface area contributed by atoms with Crippen LogP contribution in [0.5, 0.6) is 0 Å². The Morgan fingerprint density at radius 3 is 2.53 bits per heavy atom. The second kappa shape index (κ2) is 8.06. The second-order valence-electron chi connectivity index (χ2n) is 6.17. The molecule has 0 bridgehead atoms. The van der Waals surface area contributed by atoms with Crippen molar-refractivity contribution in [3.8, 4) is 0 Å². The molecular weight excluding hydrogens is 210 g/mol. The topological polar surface area (TPSA) is 18.5 Å². The summed E-state index contributed by atoms with van der Waals surface area (Å²) in [6, 6.07) is 0. The van der Waals surface area contributed by atoms with Crippen LogP contribution in [0.4, 0.5) is 0 Å². The monoisotopic (exact) mass is 241 g/mol. The lowest BCUT2D eigenvalue weighted by Crippen LogP contribution is -2.42. The predicted octanol–water partition coefficient (Wildman–Crippen LogP) is 1.51. The van der Waals surface area contributed by atoms with Crippen molar-refractivity contribution in [1.82, 2.24) is 15.1 Å². The molecule has 1 heterocycles. The van der Waals surface area contributed by atoms with E-state index in [0.717, 1.165) is 11.8 Å². The van der Waals surface area contributed by atoms with Gasteiger partial charge in [-0.25, -0.2) is 0 Å². The van der Waals surface area contributed by atoms with Gasteiger partial charge in [0.1, 0.15) is 0 Å². The molecule has 3 heteroatoms. The minimum Gasteiger partial charge on any atom is -0.316 e. The molecule has 1 atom stereocenters. The van der Waals surface area contributed by atoms with Crippen molar-refractivity contribution in [3.63, 3.8) is 0 Å². The Bertz CT molecular complexity index is 186. The smallest absolute Gasteiger partial charge is 0.0109 e. The fourth-order valence-electron chi connectivity index (χ4n) is 2.56. The number of nitrogens with zero attached hydrogens (tertiary/aromatic N) is 2. The van der Waals surface area contributed by atoms with Crippen LogP contribution in [0.25, 0.3) is 0 Å². The van der Waals surface area contributed by atoms with E-state index in [9.17, 15) is 0 Å². The van der Waals surface area contributed by atoms with E-state index < -0.39 is 0 Å². The van der Waals surface area contributed by atoms with Gasteiger partial charge in [-0.2, -0.15) is 0 Å². The summed E-state index contributed by atoms with van der Waals surface area (Å²) in [6.45, 7) is 12.0. The SMILES string of the molecule is CC(C)CN(CCN(C)C)CC1CCCNC1. The highest BCUT2D eigenvalue weighted by atomic mass is 15.2. The highest BCUT2D eigenvalue weighted by Crippen LogP contribution is 2.12. The average Bonchev–Trinajstić information content (AvgIpc) is 2.26. The molecule has 0 aromatic heterocycles. The first kappa shape index (κ1) is 14.9. The fourth-order valence-corrected chi connectivity index (χ4v) is 2.56. The standard InChI is InChI=1S/C14H31N3/c1-13(2)11-17(9-8-16(3)4)12-14-6-5-7-15-10-14/h13-15H,5-12H2,1-4H3. The van der Waals surface area contributed by atoms with E-state index in [1.54, 1.807) is 0 Å². The summed E-state index contributed by atoms with van der Waals surface area (Å²) >= 11 is 0.